The lowest BCUT2D eigenvalue weighted by Gasteiger charge is -2.29. The summed E-state index contributed by atoms with van der Waals surface area (Å²) in [6.45, 7) is 4.56. The lowest BCUT2D eigenvalue weighted by atomic mass is 9.77. The molecule has 0 aromatic heterocycles. The standard InChI is InChI=1S/C28H40/c1-3-5-7-8-10-24-13-17-26(18-14-24)28-21-19-27(20-22-28)25-15-11-23(12-16-25)9-6-4-2/h11-12,15-16,19-22,24,26H,3-10,13-14,17-18H2,1-2H3. The normalized spacial score (nSPS) is 19.6. The van der Waals surface area contributed by atoms with Crippen molar-refractivity contribution < 1.29 is 0 Å². The van der Waals surface area contributed by atoms with Crippen LogP contribution in [-0.4, -0.2) is 0 Å². The van der Waals surface area contributed by atoms with Gasteiger partial charge in [-0.3, -0.25) is 0 Å². The van der Waals surface area contributed by atoms with Gasteiger partial charge in [0.2, 0.25) is 0 Å². The van der Waals surface area contributed by atoms with E-state index in [4.69, 9.17) is 0 Å². The molecule has 0 aliphatic heterocycles. The Morgan fingerprint density at radius 1 is 0.643 bits per heavy atom. The first-order chi connectivity index (χ1) is 13.8. The Kier molecular flexibility index (Phi) is 8.65. The highest BCUT2D eigenvalue weighted by Gasteiger charge is 2.22. The molecule has 0 unspecified atom stereocenters. The first-order valence-electron chi connectivity index (χ1n) is 12.0. The monoisotopic (exact) mass is 376 g/mol. The average molecular weight is 377 g/mol. The van der Waals surface area contributed by atoms with Crippen LogP contribution in [0.1, 0.15) is 102 Å². The van der Waals surface area contributed by atoms with E-state index >= 15 is 0 Å². The molecule has 0 amide bonds. The Balaban J connectivity index is 1.49. The molecule has 0 radical (unpaired) electrons. The molecule has 28 heavy (non-hydrogen) atoms. The van der Waals surface area contributed by atoms with Crippen LogP contribution in [0.3, 0.4) is 0 Å². The predicted molar refractivity (Wildman–Crippen MR) is 124 cm³/mol. The fourth-order valence-electron chi connectivity index (χ4n) is 4.84. The summed E-state index contributed by atoms with van der Waals surface area (Å²) < 4.78 is 0. The van der Waals surface area contributed by atoms with Crippen molar-refractivity contribution in [3.8, 4) is 11.1 Å². The fraction of sp³-hybridized carbons (Fsp3) is 0.571. The molecule has 0 atom stereocenters. The summed E-state index contributed by atoms with van der Waals surface area (Å²) in [7, 11) is 0. The Morgan fingerprint density at radius 2 is 1.25 bits per heavy atom. The number of benzene rings is 2. The van der Waals surface area contributed by atoms with E-state index in [1.54, 1.807) is 5.56 Å². The maximum Gasteiger partial charge on any atom is -0.0162 e. The van der Waals surface area contributed by atoms with Gasteiger partial charge < -0.3 is 0 Å². The van der Waals surface area contributed by atoms with Crippen molar-refractivity contribution in [2.75, 3.05) is 0 Å². The molecular formula is C28H40. The van der Waals surface area contributed by atoms with Gasteiger partial charge in [-0.2, -0.15) is 0 Å². The molecule has 0 heterocycles. The van der Waals surface area contributed by atoms with Crippen molar-refractivity contribution in [1.29, 1.82) is 0 Å². The Hall–Kier alpha value is -1.56. The molecule has 1 aliphatic carbocycles. The van der Waals surface area contributed by atoms with E-state index in [0.717, 1.165) is 11.8 Å². The Bertz CT molecular complexity index is 656. The molecule has 1 fully saturated rings. The first kappa shape index (κ1) is 21.2. The maximum atomic E-state index is 2.40. The summed E-state index contributed by atoms with van der Waals surface area (Å²) in [5.41, 5.74) is 5.74. The van der Waals surface area contributed by atoms with Crippen LogP contribution in [-0.2, 0) is 6.42 Å². The van der Waals surface area contributed by atoms with Crippen LogP contribution in [0, 0.1) is 5.92 Å². The average Bonchev–Trinajstić information content (AvgIpc) is 2.76. The van der Waals surface area contributed by atoms with Crippen molar-refractivity contribution >= 4 is 0 Å². The highest BCUT2D eigenvalue weighted by Crippen LogP contribution is 2.38. The number of hydrogen-bond donors (Lipinski definition) is 0. The van der Waals surface area contributed by atoms with E-state index in [2.05, 4.69) is 62.4 Å². The fourth-order valence-corrected chi connectivity index (χ4v) is 4.84. The third-order valence-corrected chi connectivity index (χ3v) is 6.80. The zero-order valence-corrected chi connectivity index (χ0v) is 18.3. The third-order valence-electron chi connectivity index (χ3n) is 6.80. The van der Waals surface area contributed by atoms with Gasteiger partial charge in [0.25, 0.3) is 0 Å². The smallest absolute Gasteiger partial charge is 0.0162 e. The summed E-state index contributed by atoms with van der Waals surface area (Å²) in [4.78, 5) is 0. The summed E-state index contributed by atoms with van der Waals surface area (Å²) in [6, 6.07) is 18.7. The molecule has 1 aliphatic rings. The van der Waals surface area contributed by atoms with Gasteiger partial charge in [-0.25, -0.2) is 0 Å². The highest BCUT2D eigenvalue weighted by molar-refractivity contribution is 5.64. The second-order valence-electron chi connectivity index (χ2n) is 8.99. The van der Waals surface area contributed by atoms with Crippen LogP contribution in [0.15, 0.2) is 48.5 Å². The maximum absolute atomic E-state index is 2.40. The van der Waals surface area contributed by atoms with Crippen LogP contribution in [0.25, 0.3) is 11.1 Å². The molecule has 2 aromatic carbocycles. The molecule has 3 rings (SSSR count). The summed E-state index contributed by atoms with van der Waals surface area (Å²) in [5.74, 6) is 1.79. The number of hydrogen-bond acceptors (Lipinski definition) is 0. The van der Waals surface area contributed by atoms with Gasteiger partial charge in [-0.15, -0.1) is 0 Å². The SMILES string of the molecule is CCCCCCC1CCC(c2ccc(-c3ccc(CCCC)cc3)cc2)CC1. The molecule has 2 aromatic rings. The lowest BCUT2D eigenvalue weighted by Crippen LogP contribution is -2.13. The van der Waals surface area contributed by atoms with Crippen molar-refractivity contribution in [1.82, 2.24) is 0 Å². The predicted octanol–water partition coefficient (Wildman–Crippen LogP) is 8.94. The van der Waals surface area contributed by atoms with Crippen LogP contribution >= 0.6 is 0 Å². The van der Waals surface area contributed by atoms with Gasteiger partial charge >= 0.3 is 0 Å². The second kappa shape index (κ2) is 11.4. The molecule has 0 N–H and O–H groups in total. The second-order valence-corrected chi connectivity index (χ2v) is 8.99. The molecule has 152 valence electrons. The number of aryl methyl sites for hydroxylation is 1. The van der Waals surface area contributed by atoms with Gasteiger partial charge in [0, 0.05) is 0 Å². The Morgan fingerprint density at radius 3 is 1.86 bits per heavy atom. The minimum absolute atomic E-state index is 0.789. The summed E-state index contributed by atoms with van der Waals surface area (Å²) >= 11 is 0. The molecular weight excluding hydrogens is 336 g/mol. The number of rotatable bonds is 10. The van der Waals surface area contributed by atoms with Crippen molar-refractivity contribution in [2.45, 2.75) is 96.8 Å². The minimum Gasteiger partial charge on any atom is -0.0654 e. The van der Waals surface area contributed by atoms with Gasteiger partial charge in [0.1, 0.15) is 0 Å². The van der Waals surface area contributed by atoms with Gasteiger partial charge in [-0.05, 0) is 72.6 Å². The molecule has 0 heteroatoms. The summed E-state index contributed by atoms with van der Waals surface area (Å²) in [6.07, 6.45) is 16.6. The molecule has 1 saturated carbocycles. The van der Waals surface area contributed by atoms with Gasteiger partial charge in [0.15, 0.2) is 0 Å². The van der Waals surface area contributed by atoms with Crippen LogP contribution < -0.4 is 0 Å². The third kappa shape index (κ3) is 6.23. The largest absolute Gasteiger partial charge is 0.0654 e. The van der Waals surface area contributed by atoms with E-state index in [-0.39, 0.29) is 0 Å². The first-order valence-corrected chi connectivity index (χ1v) is 12.0. The summed E-state index contributed by atoms with van der Waals surface area (Å²) in [5, 5.41) is 0. The van der Waals surface area contributed by atoms with Crippen molar-refractivity contribution in [3.05, 3.63) is 59.7 Å². The van der Waals surface area contributed by atoms with Crippen molar-refractivity contribution in [2.24, 2.45) is 5.92 Å². The van der Waals surface area contributed by atoms with Crippen LogP contribution in [0.5, 0.6) is 0 Å². The zero-order valence-electron chi connectivity index (χ0n) is 18.3. The quantitative estimate of drug-likeness (QED) is 0.363. The molecule has 0 saturated heterocycles. The van der Waals surface area contributed by atoms with E-state index in [1.807, 2.05) is 0 Å². The van der Waals surface area contributed by atoms with Gasteiger partial charge in [0.05, 0.1) is 0 Å². The van der Waals surface area contributed by atoms with E-state index in [1.165, 1.54) is 93.7 Å². The topological polar surface area (TPSA) is 0 Å². The van der Waals surface area contributed by atoms with Gasteiger partial charge in [-0.1, -0.05) is 101 Å². The molecule has 0 nitrogen and oxygen atoms in total. The zero-order chi connectivity index (χ0) is 19.6. The van der Waals surface area contributed by atoms with E-state index in [9.17, 15) is 0 Å². The van der Waals surface area contributed by atoms with E-state index < -0.39 is 0 Å². The van der Waals surface area contributed by atoms with E-state index in [0.29, 0.717) is 0 Å². The van der Waals surface area contributed by atoms with Crippen LogP contribution in [0.2, 0.25) is 0 Å². The molecule has 0 bridgehead atoms. The number of unbranched alkanes of at least 4 members (excludes halogenated alkanes) is 4. The van der Waals surface area contributed by atoms with Crippen LogP contribution in [0.4, 0.5) is 0 Å². The molecule has 0 spiro atoms. The Labute approximate surface area is 173 Å². The minimum atomic E-state index is 0.789. The van der Waals surface area contributed by atoms with Crippen molar-refractivity contribution in [3.63, 3.8) is 0 Å². The highest BCUT2D eigenvalue weighted by atomic mass is 14.3. The lowest BCUT2D eigenvalue weighted by molar-refractivity contribution is 0.302.